The van der Waals surface area contributed by atoms with Crippen molar-refractivity contribution in [3.63, 3.8) is 0 Å². The topological polar surface area (TPSA) is 82.5 Å². The van der Waals surface area contributed by atoms with Gasteiger partial charge in [-0.05, 0) is 26.8 Å². The maximum Gasteiger partial charge on any atom is 0.412 e. The Morgan fingerprint density at radius 1 is 1.50 bits per heavy atom. The largest absolute Gasteiger partial charge is 0.464 e. The first-order valence-electron chi connectivity index (χ1n) is 7.27. The van der Waals surface area contributed by atoms with Gasteiger partial charge in [0.25, 0.3) is 0 Å². The zero-order valence-electron chi connectivity index (χ0n) is 14.8. The number of carbonyl (C=O) groups is 2. The second-order valence-corrected chi connectivity index (χ2v) is 4.89. The number of rotatable bonds is 3. The molecule has 1 aromatic rings. The van der Waals surface area contributed by atoms with Gasteiger partial charge in [0, 0.05) is 22.8 Å². The lowest BCUT2D eigenvalue weighted by Crippen LogP contribution is -2.34. The summed E-state index contributed by atoms with van der Waals surface area (Å²) >= 11 is 0. The van der Waals surface area contributed by atoms with Crippen LogP contribution in [0.1, 0.15) is 30.4 Å². The third-order valence-electron chi connectivity index (χ3n) is 1.95. The fourth-order valence-electron chi connectivity index (χ4n) is 1.25. The fourth-order valence-corrected chi connectivity index (χ4v) is 1.25. The van der Waals surface area contributed by atoms with E-state index in [0.29, 0.717) is 5.56 Å². The van der Waals surface area contributed by atoms with E-state index in [1.807, 2.05) is 0 Å². The zero-order valence-corrected chi connectivity index (χ0v) is 11.8. The summed E-state index contributed by atoms with van der Waals surface area (Å²) in [5.41, 5.74) is -0.637. The molecule has 0 bridgehead atoms. The summed E-state index contributed by atoms with van der Waals surface area (Å²) in [7, 11) is 1.15. The molecule has 0 aliphatic rings. The number of hydrogen-bond donors (Lipinski definition) is 1. The number of hydrogen-bond acceptors (Lipinski definition) is 5. The first kappa shape index (κ1) is 11.5. The molecule has 0 atom stereocenters. The lowest BCUT2D eigenvalue weighted by Gasteiger charge is -2.20. The van der Waals surface area contributed by atoms with Gasteiger partial charge in [0.1, 0.15) is 11.3 Å². The summed E-state index contributed by atoms with van der Waals surface area (Å²) < 4.78 is 32.1. The normalized spacial score (nSPS) is 14.8. The predicted octanol–water partition coefficient (Wildman–Crippen LogP) is 1.46. The van der Waals surface area contributed by atoms with E-state index in [2.05, 4.69) is 15.2 Å². The van der Waals surface area contributed by atoms with Gasteiger partial charge in [-0.1, -0.05) is 0 Å². The molecule has 7 nitrogen and oxygen atoms in total. The molecular weight excluding hydrogens is 262 g/mol. The van der Waals surface area contributed by atoms with Crippen LogP contribution in [0.4, 0.5) is 4.79 Å². The summed E-state index contributed by atoms with van der Waals surface area (Å²) in [5.74, 6) is -0.808. The average molecular weight is 284 g/mol. The number of aryl methyl sites for hydroxylation is 1. The van der Waals surface area contributed by atoms with Crippen molar-refractivity contribution in [1.82, 2.24) is 15.1 Å². The minimum Gasteiger partial charge on any atom is -0.464 e. The molecule has 1 amide bonds. The van der Waals surface area contributed by atoms with E-state index in [0.717, 1.165) is 11.8 Å². The molecule has 1 rings (SSSR count). The van der Waals surface area contributed by atoms with Crippen molar-refractivity contribution in [3.05, 3.63) is 23.7 Å². The molecule has 0 unspecified atom stereocenters. The molecule has 0 aromatic carbocycles. The Labute approximate surface area is 121 Å². The van der Waals surface area contributed by atoms with Crippen LogP contribution in [0.3, 0.4) is 0 Å². The Morgan fingerprint density at radius 2 is 2.20 bits per heavy atom. The first-order valence-corrected chi connectivity index (χ1v) is 5.77. The molecule has 1 N–H and O–H groups in total. The van der Waals surface area contributed by atoms with Gasteiger partial charge in [-0.3, -0.25) is 10.00 Å². The van der Waals surface area contributed by atoms with Crippen molar-refractivity contribution in [1.29, 1.82) is 0 Å². The maximum atomic E-state index is 11.8. The Balaban J connectivity index is 3.00. The number of alkyl carbamates (subject to hydrolysis) is 1. The Morgan fingerprint density at radius 3 is 2.70 bits per heavy atom. The van der Waals surface area contributed by atoms with E-state index in [-0.39, 0.29) is 5.70 Å². The lowest BCUT2D eigenvalue weighted by molar-refractivity contribution is -0.136. The lowest BCUT2D eigenvalue weighted by atomic mass is 10.2. The Bertz CT molecular complexity index is 615. The minimum atomic E-state index is -2.43. The van der Waals surface area contributed by atoms with Crippen molar-refractivity contribution in [2.45, 2.75) is 26.4 Å². The van der Waals surface area contributed by atoms with Gasteiger partial charge in [-0.2, -0.15) is 5.10 Å². The number of ether oxygens (including phenoxy) is 2. The highest BCUT2D eigenvalue weighted by Crippen LogP contribution is 2.09. The highest BCUT2D eigenvalue weighted by Gasteiger charge is 2.20. The van der Waals surface area contributed by atoms with Gasteiger partial charge in [0.15, 0.2) is 0 Å². The van der Waals surface area contributed by atoms with Gasteiger partial charge in [-0.25, -0.2) is 9.59 Å². The van der Waals surface area contributed by atoms with Crippen LogP contribution in [0, 0.1) is 0 Å². The molecule has 7 heteroatoms. The van der Waals surface area contributed by atoms with Crippen LogP contribution >= 0.6 is 0 Å². The summed E-state index contributed by atoms with van der Waals surface area (Å²) in [6, 6.07) is 0. The van der Waals surface area contributed by atoms with Crippen molar-refractivity contribution in [2.75, 3.05) is 7.11 Å². The molecular formula is C13H19N3O4. The van der Waals surface area contributed by atoms with E-state index < -0.39 is 24.6 Å². The molecule has 0 aliphatic heterocycles. The van der Waals surface area contributed by atoms with Crippen molar-refractivity contribution in [3.8, 4) is 0 Å². The summed E-state index contributed by atoms with van der Waals surface area (Å²) in [5, 5.41) is 5.95. The van der Waals surface area contributed by atoms with Gasteiger partial charge in [0.05, 0.1) is 13.3 Å². The van der Waals surface area contributed by atoms with E-state index in [1.165, 1.54) is 18.5 Å². The second kappa shape index (κ2) is 6.23. The van der Waals surface area contributed by atoms with E-state index in [4.69, 9.17) is 8.85 Å². The number of aromatic nitrogens is 2. The molecule has 0 aliphatic carbocycles. The molecule has 110 valence electrons. The molecule has 0 spiro atoms. The highest BCUT2D eigenvalue weighted by molar-refractivity contribution is 5.96. The molecule has 0 saturated heterocycles. The standard InChI is InChI=1S/C13H19N3O4/c1-13(2,3)20-12(18)15-10(11(17)19-5)6-9-7-14-16(4)8-9/h6-8H,1-5H3,(H,15,18)/b10-6-/i4D3. The zero-order chi connectivity index (χ0) is 17.8. The third-order valence-corrected chi connectivity index (χ3v) is 1.95. The predicted molar refractivity (Wildman–Crippen MR) is 72.6 cm³/mol. The Hall–Kier alpha value is -2.31. The highest BCUT2D eigenvalue weighted by atomic mass is 16.6. The van der Waals surface area contributed by atoms with Crippen LogP contribution in [0.25, 0.3) is 6.08 Å². The van der Waals surface area contributed by atoms with E-state index in [9.17, 15) is 9.59 Å². The molecule has 0 fully saturated rings. The van der Waals surface area contributed by atoms with Gasteiger partial charge >= 0.3 is 12.1 Å². The maximum absolute atomic E-state index is 11.8. The van der Waals surface area contributed by atoms with Crippen LogP contribution in [0.2, 0.25) is 0 Å². The monoisotopic (exact) mass is 284 g/mol. The second-order valence-electron chi connectivity index (χ2n) is 4.89. The third kappa shape index (κ3) is 5.13. The summed E-state index contributed by atoms with van der Waals surface area (Å²) in [6.07, 6.45) is 2.86. The van der Waals surface area contributed by atoms with E-state index in [1.54, 1.807) is 20.8 Å². The molecule has 0 saturated carbocycles. The average Bonchev–Trinajstić information content (AvgIpc) is 2.83. The number of esters is 1. The van der Waals surface area contributed by atoms with Gasteiger partial charge in [-0.15, -0.1) is 0 Å². The van der Waals surface area contributed by atoms with E-state index >= 15 is 0 Å². The smallest absolute Gasteiger partial charge is 0.412 e. The molecule has 20 heavy (non-hydrogen) atoms. The van der Waals surface area contributed by atoms with Crippen molar-refractivity contribution < 1.29 is 23.2 Å². The summed E-state index contributed by atoms with van der Waals surface area (Å²) in [6.45, 7) is 2.59. The summed E-state index contributed by atoms with van der Waals surface area (Å²) in [4.78, 5) is 23.5. The fraction of sp³-hybridized carbons (Fsp3) is 0.462. The van der Waals surface area contributed by atoms with Crippen LogP contribution in [-0.2, 0) is 21.2 Å². The Kier molecular flexibility index (Phi) is 3.58. The van der Waals surface area contributed by atoms with Crippen molar-refractivity contribution >= 4 is 18.1 Å². The molecule has 1 aromatic heterocycles. The number of nitrogens with zero attached hydrogens (tertiary/aromatic N) is 2. The van der Waals surface area contributed by atoms with Gasteiger partial charge < -0.3 is 9.47 Å². The number of carbonyl (C=O) groups excluding carboxylic acids is 2. The molecule has 1 heterocycles. The molecule has 0 radical (unpaired) electrons. The number of methoxy groups -OCH3 is 1. The van der Waals surface area contributed by atoms with Crippen LogP contribution in [-0.4, -0.2) is 34.6 Å². The van der Waals surface area contributed by atoms with Crippen LogP contribution < -0.4 is 5.32 Å². The van der Waals surface area contributed by atoms with Gasteiger partial charge in [0.2, 0.25) is 0 Å². The first-order chi connectivity index (χ1) is 10.4. The number of amides is 1. The van der Waals surface area contributed by atoms with Crippen molar-refractivity contribution in [2.24, 2.45) is 6.98 Å². The minimum absolute atomic E-state index is 0.202. The SMILES string of the molecule is [2H]C([2H])([2H])n1cc(/C=C(\NC(=O)OC(C)(C)C)C(=O)OC)cn1. The quantitative estimate of drug-likeness (QED) is 0.671. The van der Waals surface area contributed by atoms with Crippen LogP contribution in [0.15, 0.2) is 18.1 Å². The van der Waals surface area contributed by atoms with Crippen LogP contribution in [0.5, 0.6) is 0 Å². The number of nitrogens with one attached hydrogen (secondary N) is 1.